The third kappa shape index (κ3) is 5.89. The van der Waals surface area contributed by atoms with E-state index in [0.29, 0.717) is 29.4 Å². The van der Waals surface area contributed by atoms with Crippen LogP contribution in [0.4, 0.5) is 11.4 Å². The van der Waals surface area contributed by atoms with E-state index in [1.54, 1.807) is 31.6 Å². The van der Waals surface area contributed by atoms with Crippen LogP contribution in [-0.4, -0.2) is 37.7 Å². The van der Waals surface area contributed by atoms with E-state index in [0.717, 1.165) is 17.4 Å². The van der Waals surface area contributed by atoms with Crippen molar-refractivity contribution in [3.63, 3.8) is 0 Å². The zero-order chi connectivity index (χ0) is 25.7. The molecule has 0 saturated heterocycles. The summed E-state index contributed by atoms with van der Waals surface area (Å²) in [5.41, 5.74) is 2.64. The van der Waals surface area contributed by atoms with Gasteiger partial charge in [0, 0.05) is 18.5 Å². The van der Waals surface area contributed by atoms with E-state index in [9.17, 15) is 13.2 Å². The van der Waals surface area contributed by atoms with Gasteiger partial charge in [-0.15, -0.1) is 0 Å². The molecule has 0 radical (unpaired) electrons. The number of carbonyl (C=O) groups excluding carboxylic acids is 1. The number of sulfone groups is 1. The van der Waals surface area contributed by atoms with Gasteiger partial charge in [0.1, 0.15) is 11.5 Å². The van der Waals surface area contributed by atoms with Crippen molar-refractivity contribution in [1.29, 1.82) is 0 Å². The first-order chi connectivity index (χ1) is 17.2. The lowest BCUT2D eigenvalue weighted by molar-refractivity contribution is 0.102. The number of furan rings is 1. The van der Waals surface area contributed by atoms with Crippen molar-refractivity contribution >= 4 is 27.1 Å². The highest BCUT2D eigenvalue weighted by Crippen LogP contribution is 2.26. The third-order valence-electron chi connectivity index (χ3n) is 5.46. The molecular weight excluding hydrogens is 480 g/mol. The average Bonchev–Trinajstić information content (AvgIpc) is 3.37. The second kappa shape index (κ2) is 10.6. The van der Waals surface area contributed by atoms with Gasteiger partial charge in [0.05, 0.1) is 31.8 Å². The number of benzene rings is 2. The van der Waals surface area contributed by atoms with Crippen LogP contribution in [-0.2, 0) is 22.9 Å². The Labute approximate surface area is 209 Å². The number of ether oxygens (including phenoxy) is 1. The molecule has 2 aromatic carbocycles. The fraction of sp³-hybridized carbons (Fsp3) is 0.192. The van der Waals surface area contributed by atoms with Crippen LogP contribution in [0.15, 0.2) is 82.7 Å². The summed E-state index contributed by atoms with van der Waals surface area (Å²) in [5, 5.41) is 2.42. The summed E-state index contributed by atoms with van der Waals surface area (Å²) >= 11 is 0. The Balaban J connectivity index is 1.80. The molecule has 1 N–H and O–H groups in total. The Kier molecular flexibility index (Phi) is 7.35. The first-order valence-electron chi connectivity index (χ1n) is 11.1. The molecule has 0 atom stereocenters. The molecular formula is C26H26N4O5S. The van der Waals surface area contributed by atoms with Gasteiger partial charge in [-0.3, -0.25) is 4.79 Å². The van der Waals surface area contributed by atoms with Gasteiger partial charge < -0.3 is 19.4 Å². The Morgan fingerprint density at radius 3 is 2.58 bits per heavy atom. The van der Waals surface area contributed by atoms with Gasteiger partial charge in [0.2, 0.25) is 15.0 Å². The number of nitrogens with one attached hydrogen (secondary N) is 1. The lowest BCUT2D eigenvalue weighted by atomic mass is 10.1. The first-order valence-corrected chi connectivity index (χ1v) is 13.0. The van der Waals surface area contributed by atoms with Crippen molar-refractivity contribution in [2.45, 2.75) is 25.2 Å². The Morgan fingerprint density at radius 2 is 1.89 bits per heavy atom. The van der Waals surface area contributed by atoms with Gasteiger partial charge in [-0.1, -0.05) is 30.3 Å². The van der Waals surface area contributed by atoms with Crippen molar-refractivity contribution in [1.82, 2.24) is 9.97 Å². The molecule has 4 rings (SSSR count). The number of aromatic nitrogens is 2. The third-order valence-corrected chi connectivity index (χ3v) is 6.32. The molecule has 186 valence electrons. The van der Waals surface area contributed by atoms with Gasteiger partial charge in [-0.2, -0.15) is 0 Å². The van der Waals surface area contributed by atoms with Gasteiger partial charge in [-0.25, -0.2) is 18.4 Å². The maximum absolute atomic E-state index is 13.5. The fourth-order valence-corrected chi connectivity index (χ4v) is 4.14. The fourth-order valence-electron chi connectivity index (χ4n) is 3.64. The smallest absolute Gasteiger partial charge is 0.276 e. The summed E-state index contributed by atoms with van der Waals surface area (Å²) in [5.74, 6) is 0.781. The predicted molar refractivity (Wildman–Crippen MR) is 136 cm³/mol. The molecule has 0 fully saturated rings. The SMILES string of the molecule is COc1cccc(CN(Cc2ccco2)c2cnc(S(C)(=O)=O)nc2C(=O)Nc2ccccc2C)c1. The van der Waals surface area contributed by atoms with Crippen LogP contribution < -0.4 is 15.0 Å². The van der Waals surface area contributed by atoms with E-state index >= 15 is 0 Å². The van der Waals surface area contributed by atoms with Crippen molar-refractivity contribution in [3.05, 3.63) is 95.7 Å². The lowest BCUT2D eigenvalue weighted by Crippen LogP contribution is -2.27. The number of hydrogen-bond acceptors (Lipinski definition) is 8. The summed E-state index contributed by atoms with van der Waals surface area (Å²) < 4.78 is 35.3. The summed E-state index contributed by atoms with van der Waals surface area (Å²) in [6.45, 7) is 2.50. The topological polar surface area (TPSA) is 115 Å². The summed E-state index contributed by atoms with van der Waals surface area (Å²) in [6, 6.07) is 18.4. The van der Waals surface area contributed by atoms with Crippen LogP contribution in [0.1, 0.15) is 27.4 Å². The van der Waals surface area contributed by atoms with E-state index in [1.807, 2.05) is 54.3 Å². The van der Waals surface area contributed by atoms with Crippen molar-refractivity contribution in [3.8, 4) is 5.75 Å². The van der Waals surface area contributed by atoms with Crippen molar-refractivity contribution in [2.75, 3.05) is 23.6 Å². The Hall–Kier alpha value is -4.18. The van der Waals surface area contributed by atoms with E-state index in [1.165, 1.54) is 6.20 Å². The Bertz CT molecular complexity index is 1470. The first kappa shape index (κ1) is 24.9. The molecule has 0 aliphatic carbocycles. The van der Waals surface area contributed by atoms with E-state index < -0.39 is 20.9 Å². The standard InChI is InChI=1S/C26H26N4O5S/c1-18-8-4-5-12-22(18)28-25(31)24-23(15-27-26(29-24)36(3,32)33)30(17-21-11-7-13-35-21)16-19-9-6-10-20(14-19)34-2/h4-15H,16-17H2,1-3H3,(H,28,31). The molecule has 0 aliphatic rings. The van der Waals surface area contributed by atoms with Gasteiger partial charge in [0.25, 0.3) is 5.91 Å². The minimum Gasteiger partial charge on any atom is -0.497 e. The van der Waals surface area contributed by atoms with Gasteiger partial charge in [-0.05, 0) is 48.4 Å². The van der Waals surface area contributed by atoms with Gasteiger partial charge in [0.15, 0.2) is 5.69 Å². The zero-order valence-electron chi connectivity index (χ0n) is 20.1. The quantitative estimate of drug-likeness (QED) is 0.335. The molecule has 0 aliphatic heterocycles. The van der Waals surface area contributed by atoms with Crippen LogP contribution in [0.25, 0.3) is 0 Å². The van der Waals surface area contributed by atoms with Crippen molar-refractivity contribution in [2.24, 2.45) is 0 Å². The molecule has 0 saturated carbocycles. The predicted octanol–water partition coefficient (Wildman–Crippen LogP) is 4.25. The van der Waals surface area contributed by atoms with E-state index in [4.69, 9.17) is 9.15 Å². The van der Waals surface area contributed by atoms with Crippen LogP contribution in [0, 0.1) is 6.92 Å². The number of nitrogens with zero attached hydrogens (tertiary/aromatic N) is 3. The summed E-state index contributed by atoms with van der Waals surface area (Å²) in [7, 11) is -2.17. The molecule has 4 aromatic rings. The summed E-state index contributed by atoms with van der Waals surface area (Å²) in [4.78, 5) is 23.6. The largest absolute Gasteiger partial charge is 0.497 e. The van der Waals surface area contributed by atoms with Crippen LogP contribution in [0.5, 0.6) is 5.75 Å². The molecule has 1 amide bonds. The molecule has 36 heavy (non-hydrogen) atoms. The normalized spacial score (nSPS) is 11.2. The molecule has 0 bridgehead atoms. The molecule has 2 heterocycles. The van der Waals surface area contributed by atoms with Crippen LogP contribution >= 0.6 is 0 Å². The lowest BCUT2D eigenvalue weighted by Gasteiger charge is -2.26. The Morgan fingerprint density at radius 1 is 1.08 bits per heavy atom. The highest BCUT2D eigenvalue weighted by Gasteiger charge is 2.24. The average molecular weight is 507 g/mol. The van der Waals surface area contributed by atoms with Gasteiger partial charge >= 0.3 is 0 Å². The number of amides is 1. The number of hydrogen-bond donors (Lipinski definition) is 1. The monoisotopic (exact) mass is 506 g/mol. The molecule has 0 spiro atoms. The molecule has 2 aromatic heterocycles. The second-order valence-electron chi connectivity index (χ2n) is 8.21. The zero-order valence-corrected chi connectivity index (χ0v) is 21.0. The number of rotatable bonds is 9. The maximum Gasteiger partial charge on any atom is 0.276 e. The molecule has 0 unspecified atom stereocenters. The second-order valence-corrected chi connectivity index (χ2v) is 10.1. The number of anilines is 2. The maximum atomic E-state index is 13.5. The number of methoxy groups -OCH3 is 1. The van der Waals surface area contributed by atoms with E-state index in [-0.39, 0.29) is 12.2 Å². The highest BCUT2D eigenvalue weighted by molar-refractivity contribution is 7.90. The number of aryl methyl sites for hydroxylation is 1. The molecule has 9 nitrogen and oxygen atoms in total. The van der Waals surface area contributed by atoms with Crippen LogP contribution in [0.2, 0.25) is 0 Å². The van der Waals surface area contributed by atoms with E-state index in [2.05, 4.69) is 15.3 Å². The van der Waals surface area contributed by atoms with Crippen molar-refractivity contribution < 1.29 is 22.4 Å². The minimum absolute atomic E-state index is 0.0665. The minimum atomic E-state index is -3.76. The summed E-state index contributed by atoms with van der Waals surface area (Å²) in [6.07, 6.45) is 3.93. The highest BCUT2D eigenvalue weighted by atomic mass is 32.2. The number of carbonyl (C=O) groups is 1. The molecule has 10 heteroatoms. The number of para-hydroxylation sites is 1. The van der Waals surface area contributed by atoms with Crippen LogP contribution in [0.3, 0.4) is 0 Å².